The zero-order valence-electron chi connectivity index (χ0n) is 26.0. The number of piperazine rings is 3. The van der Waals surface area contributed by atoms with Gasteiger partial charge in [-0.15, -0.1) is 0 Å². The minimum Gasteiger partial charge on any atom is -0.477 e. The second-order valence-electron chi connectivity index (χ2n) is 14.5. The first kappa shape index (κ1) is 29.9. The summed E-state index contributed by atoms with van der Waals surface area (Å²) in [5.74, 6) is -2.91. The van der Waals surface area contributed by atoms with Gasteiger partial charge in [-0.05, 0) is 48.4 Å². The van der Waals surface area contributed by atoms with Gasteiger partial charge in [0.25, 0.3) is 15.9 Å². The number of β-lactam (4-membered cyclic amide) rings is 1. The van der Waals surface area contributed by atoms with Crippen LogP contribution in [0.3, 0.4) is 0 Å². The number of nitrogens with two attached hydrogens (primary N) is 1. The highest BCUT2D eigenvalue weighted by molar-refractivity contribution is 7.93. The lowest BCUT2D eigenvalue weighted by atomic mass is 9.71. The lowest BCUT2D eigenvalue weighted by Gasteiger charge is -2.55. The van der Waals surface area contributed by atoms with E-state index >= 15 is 0 Å². The molecule has 12 nitrogen and oxygen atoms in total. The number of fused-ring (bicyclic) bond motifs is 6. The van der Waals surface area contributed by atoms with Crippen LogP contribution >= 0.6 is 0 Å². The molecule has 0 aromatic heterocycles. The predicted octanol–water partition coefficient (Wildman–Crippen LogP) is 0.766. The van der Waals surface area contributed by atoms with Gasteiger partial charge in [0.05, 0.1) is 41.2 Å². The molecule has 0 spiro atoms. The summed E-state index contributed by atoms with van der Waals surface area (Å²) < 4.78 is 31.9. The zero-order chi connectivity index (χ0) is 32.3. The number of rotatable bonds is 8. The average molecular weight is 652 g/mol. The van der Waals surface area contributed by atoms with E-state index < -0.39 is 46.0 Å². The Morgan fingerprint density at radius 2 is 1.74 bits per heavy atom. The predicted molar refractivity (Wildman–Crippen MR) is 168 cm³/mol. The van der Waals surface area contributed by atoms with E-state index in [1.54, 1.807) is 13.0 Å². The van der Waals surface area contributed by atoms with Crippen molar-refractivity contribution in [1.82, 2.24) is 4.90 Å². The number of aliphatic hydroxyl groups excluding tert-OH is 1. The molecule has 1 unspecified atom stereocenters. The fourth-order valence-corrected chi connectivity index (χ4v) is 11.8. The molecule has 1 aliphatic carbocycles. The van der Waals surface area contributed by atoms with E-state index in [2.05, 4.69) is 0 Å². The summed E-state index contributed by atoms with van der Waals surface area (Å²) in [6.07, 6.45) is 1.63. The van der Waals surface area contributed by atoms with Crippen molar-refractivity contribution < 1.29 is 42.0 Å². The van der Waals surface area contributed by atoms with Gasteiger partial charge in [-0.1, -0.05) is 24.6 Å². The van der Waals surface area contributed by atoms with Crippen LogP contribution in [0.1, 0.15) is 31.7 Å². The third-order valence-electron chi connectivity index (χ3n) is 12.2. The molecule has 244 valence electrons. The molecule has 46 heavy (non-hydrogen) atoms. The Balaban J connectivity index is 1.13. The van der Waals surface area contributed by atoms with Crippen LogP contribution < -0.4 is 10.0 Å². The maximum atomic E-state index is 14.4. The number of nitrogens with zero attached hydrogens (tertiary/aromatic N) is 4. The Bertz CT molecular complexity index is 1830. The second kappa shape index (κ2) is 9.99. The van der Waals surface area contributed by atoms with Gasteiger partial charge in [0.2, 0.25) is 5.91 Å². The summed E-state index contributed by atoms with van der Waals surface area (Å²) in [5.41, 5.74) is 7.57. The first-order valence-corrected chi connectivity index (χ1v) is 17.9. The van der Waals surface area contributed by atoms with Crippen molar-refractivity contribution in [3.63, 3.8) is 0 Å². The Morgan fingerprint density at radius 1 is 1.04 bits per heavy atom. The molecule has 9 rings (SSSR count). The fourth-order valence-electron chi connectivity index (χ4n) is 9.91. The molecule has 0 radical (unpaired) electrons. The minimum atomic E-state index is -4.01. The van der Waals surface area contributed by atoms with E-state index in [4.69, 9.17) is 5.73 Å². The van der Waals surface area contributed by atoms with E-state index in [0.29, 0.717) is 42.5 Å². The lowest BCUT2D eigenvalue weighted by molar-refractivity contribution is -1.08. The molecule has 13 heteroatoms. The number of quaternary nitrogens is 2. The largest absolute Gasteiger partial charge is 0.477 e. The van der Waals surface area contributed by atoms with E-state index in [9.17, 15) is 33.0 Å². The van der Waals surface area contributed by atoms with Crippen molar-refractivity contribution in [2.24, 2.45) is 17.6 Å². The van der Waals surface area contributed by atoms with E-state index in [0.717, 1.165) is 72.1 Å². The minimum absolute atomic E-state index is 0.115. The fraction of sp³-hybridized carbons (Fsp3) is 0.545. The Hall–Kier alpha value is -3.52. The van der Waals surface area contributed by atoms with Crippen LogP contribution in [0.4, 0.5) is 5.69 Å². The van der Waals surface area contributed by atoms with E-state index in [1.807, 2.05) is 24.3 Å². The number of carboxylic acid groups (broad SMARTS) is 1. The van der Waals surface area contributed by atoms with Crippen LogP contribution in [0.25, 0.3) is 10.8 Å². The highest BCUT2D eigenvalue weighted by Gasteiger charge is 2.63. The van der Waals surface area contributed by atoms with Gasteiger partial charge < -0.3 is 29.8 Å². The molecule has 5 fully saturated rings. The van der Waals surface area contributed by atoms with Crippen LogP contribution in [0, 0.1) is 11.8 Å². The van der Waals surface area contributed by atoms with E-state index in [1.165, 1.54) is 9.21 Å². The molecule has 2 aromatic rings. The number of carbonyl (C=O) groups is 3. The highest BCUT2D eigenvalue weighted by Crippen LogP contribution is 2.55. The maximum absolute atomic E-state index is 14.4. The molecule has 6 aliphatic heterocycles. The molecular weight excluding hydrogens is 610 g/mol. The highest BCUT2D eigenvalue weighted by atomic mass is 32.2. The molecule has 6 heterocycles. The summed E-state index contributed by atoms with van der Waals surface area (Å²) in [7, 11) is -4.01. The quantitative estimate of drug-likeness (QED) is 0.281. The lowest BCUT2D eigenvalue weighted by Crippen LogP contribution is -2.76. The average Bonchev–Trinajstić information content (AvgIpc) is 3.44. The maximum Gasteiger partial charge on any atom is 0.352 e. The number of benzene rings is 2. The molecule has 1 saturated carbocycles. The Morgan fingerprint density at radius 3 is 2.39 bits per heavy atom. The van der Waals surface area contributed by atoms with Crippen LogP contribution in [0.15, 0.2) is 46.5 Å². The van der Waals surface area contributed by atoms with Gasteiger partial charge in [-0.3, -0.25) is 13.9 Å². The molecule has 5 atom stereocenters. The van der Waals surface area contributed by atoms with Gasteiger partial charge in [0.1, 0.15) is 45.0 Å². The summed E-state index contributed by atoms with van der Waals surface area (Å²) in [4.78, 5) is 38.9. The summed E-state index contributed by atoms with van der Waals surface area (Å²) in [6.45, 7) is 8.71. The van der Waals surface area contributed by atoms with Crippen molar-refractivity contribution in [2.75, 3.05) is 56.7 Å². The number of sulfonamides is 1. The van der Waals surface area contributed by atoms with Crippen LogP contribution in [0.2, 0.25) is 0 Å². The summed E-state index contributed by atoms with van der Waals surface area (Å²) >= 11 is 0. The number of carbonyl (C=O) groups excluding carboxylic acids is 2. The van der Waals surface area contributed by atoms with Gasteiger partial charge >= 0.3 is 5.97 Å². The molecule has 7 aliphatic rings. The standard InChI is InChI=1S/C33H39N5O7S/c1-19(39)27-30-22-5-3-7-24(29(22)31(33(42)43)35(30)32(27)41)36-23-6-2-4-21-20(8-9-25(28(21)23)46(36,44)45)10-11-37-12-15-38(16-13-37,17-14-37)18-26(34)40/h2,4,6,8-9,19,22,24,27,30,39H,3,5,7,10-18H2,1H3,(H-2,34,40,42,43)/p+2/t19-,22+,24?,27-,30-,37?,38?/m1/s1. The van der Waals surface area contributed by atoms with Crippen molar-refractivity contribution in [3.8, 4) is 0 Å². The monoisotopic (exact) mass is 651 g/mol. The molecule has 4 N–H and O–H groups in total. The number of aliphatic carboxylic acids is 1. The number of anilines is 1. The van der Waals surface area contributed by atoms with Gasteiger partial charge in [-0.2, -0.15) is 0 Å². The van der Waals surface area contributed by atoms with Gasteiger partial charge in [0, 0.05) is 17.7 Å². The SMILES string of the molecule is C[C@@H](O)[C@H]1C(=O)N2C(C(=O)O)=C3C(N4c5cccc6c(CC[N+]78CC[N+](CC(N)=O)(CC7)CC8)ccc(c56)S4(=O)=O)CCC[C@@H]3[C@H]12. The van der Waals surface area contributed by atoms with Crippen LogP contribution in [-0.2, 0) is 30.8 Å². The first-order valence-electron chi connectivity index (χ1n) is 16.4. The summed E-state index contributed by atoms with van der Waals surface area (Å²) in [5, 5.41) is 22.3. The normalized spacial score (nSPS) is 34.4. The van der Waals surface area contributed by atoms with Crippen molar-refractivity contribution in [1.29, 1.82) is 0 Å². The number of aliphatic hydroxyl groups is 1. The van der Waals surface area contributed by atoms with Crippen molar-refractivity contribution in [2.45, 2.75) is 55.7 Å². The molecular formula is C33H41N5O7S+2. The number of primary amides is 1. The molecule has 2 amide bonds. The van der Waals surface area contributed by atoms with Crippen molar-refractivity contribution in [3.05, 3.63) is 47.2 Å². The van der Waals surface area contributed by atoms with Gasteiger partial charge in [0.15, 0.2) is 6.54 Å². The number of hydrogen-bond acceptors (Lipinski definition) is 6. The Labute approximate surface area is 267 Å². The summed E-state index contributed by atoms with van der Waals surface area (Å²) in [6, 6.07) is 8.11. The Kier molecular flexibility index (Phi) is 6.48. The zero-order valence-corrected chi connectivity index (χ0v) is 26.8. The number of carboxylic acids is 1. The number of amides is 2. The van der Waals surface area contributed by atoms with Crippen molar-refractivity contribution >= 4 is 44.3 Å². The molecule has 4 saturated heterocycles. The molecule has 2 aromatic carbocycles. The third kappa shape index (κ3) is 4.01. The topological polar surface area (TPSA) is 158 Å². The van der Waals surface area contributed by atoms with Crippen LogP contribution in [0.5, 0.6) is 0 Å². The molecule has 2 bridgehead atoms. The second-order valence-corrected chi connectivity index (χ2v) is 16.3. The van der Waals surface area contributed by atoms with E-state index in [-0.39, 0.29) is 22.4 Å². The van der Waals surface area contributed by atoms with Crippen LogP contribution in [-0.4, -0.2) is 121 Å². The first-order chi connectivity index (χ1) is 21.9. The van der Waals surface area contributed by atoms with Gasteiger partial charge in [-0.25, -0.2) is 13.2 Å². The number of hydrogen-bond donors (Lipinski definition) is 3. The third-order valence-corrected chi connectivity index (χ3v) is 14.1. The smallest absolute Gasteiger partial charge is 0.352 e.